The lowest BCUT2D eigenvalue weighted by Crippen LogP contribution is -2.61. The monoisotopic (exact) mass is 1280 g/mol. The van der Waals surface area contributed by atoms with Crippen molar-refractivity contribution in [3.05, 3.63) is 47.6 Å². The summed E-state index contributed by atoms with van der Waals surface area (Å²) < 4.78 is 59.2. The minimum Gasteiger partial charge on any atom is -0.460 e. The second-order valence-electron chi connectivity index (χ2n) is 25.9. The fourth-order valence-electron chi connectivity index (χ4n) is 13.4. The fraction of sp³-hybridized carbons (Fsp3) is 0.800. The van der Waals surface area contributed by atoms with Crippen molar-refractivity contribution >= 4 is 29.2 Å². The Hall–Kier alpha value is -3.81. The molecule has 0 aromatic carbocycles. The molecule has 1 aliphatic carbocycles. The Bertz CT molecular complexity index is 2470. The first-order chi connectivity index (χ1) is 42.7. The van der Waals surface area contributed by atoms with Crippen LogP contribution < -0.4 is 0 Å². The Balaban J connectivity index is 1.34. The van der Waals surface area contributed by atoms with Gasteiger partial charge in [0.1, 0.15) is 79.5 Å². The first-order valence-electron chi connectivity index (χ1n) is 32.0. The molecule has 0 radical (unpaired) electrons. The molecule has 5 aliphatic heterocycles. The largest absolute Gasteiger partial charge is 0.460 e. The molecular formula is C65H103NO24. The van der Waals surface area contributed by atoms with Gasteiger partial charge < -0.3 is 98.2 Å². The van der Waals surface area contributed by atoms with Gasteiger partial charge in [-0.1, -0.05) is 71.1 Å². The second-order valence-corrected chi connectivity index (χ2v) is 25.9. The lowest BCUT2D eigenvalue weighted by atomic mass is 9.78. The van der Waals surface area contributed by atoms with Gasteiger partial charge in [-0.15, -0.1) is 0 Å². The van der Waals surface area contributed by atoms with Crippen LogP contribution in [-0.2, 0) is 71.3 Å². The number of allylic oxidation sites excluding steroid dienone is 6. The molecule has 5 heterocycles. The molecule has 25 nitrogen and oxygen atoms in total. The van der Waals surface area contributed by atoms with E-state index < -0.39 is 170 Å². The molecule has 0 spiro atoms. The van der Waals surface area contributed by atoms with Crippen LogP contribution in [0, 0.1) is 35.5 Å². The third-order valence-electron chi connectivity index (χ3n) is 19.1. The number of aliphatic hydroxyl groups excluding tert-OH is 7. The highest BCUT2D eigenvalue weighted by Gasteiger charge is 2.56. The molecule has 1 amide bonds. The van der Waals surface area contributed by atoms with E-state index in [0.717, 1.165) is 10.5 Å². The summed E-state index contributed by atoms with van der Waals surface area (Å²) >= 11 is 0. The van der Waals surface area contributed by atoms with E-state index in [1.165, 1.54) is 14.2 Å². The van der Waals surface area contributed by atoms with Crippen LogP contribution in [0.15, 0.2) is 47.6 Å². The highest BCUT2D eigenvalue weighted by molar-refractivity contribution is 6.39. The number of ether oxygens (including phenoxy) is 10. The number of cyclic esters (lactones) is 1. The van der Waals surface area contributed by atoms with Gasteiger partial charge in [0.15, 0.2) is 12.1 Å². The van der Waals surface area contributed by atoms with E-state index in [9.17, 15) is 69.9 Å². The molecule has 25 heteroatoms. The molecule has 2 bridgehead atoms. The van der Waals surface area contributed by atoms with Crippen LogP contribution >= 0.6 is 0 Å². The van der Waals surface area contributed by atoms with E-state index in [1.54, 1.807) is 40.9 Å². The molecule has 5 fully saturated rings. The van der Waals surface area contributed by atoms with Gasteiger partial charge in [-0.25, -0.2) is 4.79 Å². The van der Waals surface area contributed by atoms with Gasteiger partial charge in [-0.2, -0.15) is 0 Å². The molecule has 0 aromatic heterocycles. The molecule has 90 heavy (non-hydrogen) atoms. The number of ketones is 3. The number of hydrogen-bond acceptors (Lipinski definition) is 24. The van der Waals surface area contributed by atoms with Gasteiger partial charge in [0, 0.05) is 58.5 Å². The Labute approximate surface area is 528 Å². The average molecular weight is 1280 g/mol. The standard InChI is InChI=1S/C65H103NO24/c1-35-16-12-11-13-17-36(2)47(81-8)30-43-21-19-41(7)65(80,89-43)60(76)61(77)66-23-15-14-18-44(66)62(78)87-48(38(4)28-42-20-22-46(84-25-24-67)49(29-42)82-9)31-45(69)37(3)27-40(6)57(58(83-10)52(70)39(5)26-35)86-34-64(79)59(75)54(72)51(90-64)33-85-63-56(74)55(73)53(71)50(32-68)88-63/h11-13,16-17,27,35,37-39,41-44,46-51,53-59,63,67-68,71-75,79-80H,14-15,18-26,28-34H2,1-10H3/b13-11+,16-12-,36-17+,40-27+/t35-,37-,38-,39-,41-,42?,43+,44?,46-,47+,48+,49-,50+,51+,53+,54+,55-,56+,57-,58+,59-,63-,64+,65-/m1/s1. The van der Waals surface area contributed by atoms with Gasteiger partial charge in [0.2, 0.25) is 11.6 Å². The number of aliphatic hydroxyl groups is 9. The van der Waals surface area contributed by atoms with Crippen molar-refractivity contribution in [2.45, 2.75) is 235 Å². The molecule has 512 valence electrons. The number of carbonyl (C=O) groups excluding carboxylic acids is 5. The number of nitrogens with zero attached hydrogens (tertiary/aromatic N) is 1. The predicted molar refractivity (Wildman–Crippen MR) is 321 cm³/mol. The average Bonchev–Trinajstić information content (AvgIpc) is 1.35. The van der Waals surface area contributed by atoms with Crippen molar-refractivity contribution in [2.75, 3.05) is 60.9 Å². The number of amides is 1. The summed E-state index contributed by atoms with van der Waals surface area (Å²) in [5.74, 6) is -12.2. The number of rotatable bonds is 16. The number of fused-ring (bicyclic) bond motifs is 3. The minimum atomic E-state index is -2.68. The lowest BCUT2D eigenvalue weighted by molar-refractivity contribution is -0.311. The zero-order chi connectivity index (χ0) is 66.4. The van der Waals surface area contributed by atoms with Crippen molar-refractivity contribution in [1.29, 1.82) is 0 Å². The van der Waals surface area contributed by atoms with Crippen LogP contribution in [0.3, 0.4) is 0 Å². The summed E-state index contributed by atoms with van der Waals surface area (Å²) in [6, 6.07) is -1.25. The van der Waals surface area contributed by atoms with E-state index in [1.807, 2.05) is 51.2 Å². The lowest BCUT2D eigenvalue weighted by Gasteiger charge is -2.42. The molecule has 9 N–H and O–H groups in total. The smallest absolute Gasteiger partial charge is 0.329 e. The number of carbonyl (C=O) groups is 5. The van der Waals surface area contributed by atoms with Gasteiger partial charge in [-0.05, 0) is 107 Å². The molecule has 6 aliphatic rings. The Morgan fingerprint density at radius 3 is 2.14 bits per heavy atom. The molecule has 24 atom stereocenters. The first-order valence-corrected chi connectivity index (χ1v) is 32.0. The van der Waals surface area contributed by atoms with E-state index in [-0.39, 0.29) is 68.6 Å². The maximum absolute atomic E-state index is 14.9. The molecule has 0 aromatic rings. The highest BCUT2D eigenvalue weighted by Crippen LogP contribution is 2.39. The third-order valence-corrected chi connectivity index (χ3v) is 19.1. The topological polar surface area (TPSA) is 363 Å². The quantitative estimate of drug-likeness (QED) is 0.0605. The summed E-state index contributed by atoms with van der Waals surface area (Å²) in [5, 5.41) is 96.7. The van der Waals surface area contributed by atoms with Gasteiger partial charge in [0.25, 0.3) is 11.7 Å². The summed E-state index contributed by atoms with van der Waals surface area (Å²) in [6.07, 6.45) is -3.95. The number of esters is 1. The van der Waals surface area contributed by atoms with Crippen LogP contribution in [0.4, 0.5) is 0 Å². The van der Waals surface area contributed by atoms with Crippen molar-refractivity contribution in [3.8, 4) is 0 Å². The summed E-state index contributed by atoms with van der Waals surface area (Å²) in [4.78, 5) is 74.5. The normalized spacial score (nSPS) is 42.7. The summed E-state index contributed by atoms with van der Waals surface area (Å²) in [5.41, 5.74) is 1.08. The van der Waals surface area contributed by atoms with Crippen LogP contribution in [0.1, 0.15) is 126 Å². The van der Waals surface area contributed by atoms with Crippen LogP contribution in [0.5, 0.6) is 0 Å². The van der Waals surface area contributed by atoms with Crippen LogP contribution in [0.2, 0.25) is 0 Å². The van der Waals surface area contributed by atoms with Gasteiger partial charge in [0.05, 0.1) is 50.8 Å². The zero-order valence-electron chi connectivity index (χ0n) is 54.0. The molecule has 2 unspecified atom stereocenters. The highest BCUT2D eigenvalue weighted by atomic mass is 16.7. The Kier molecular flexibility index (Phi) is 28.9. The Morgan fingerprint density at radius 1 is 0.733 bits per heavy atom. The van der Waals surface area contributed by atoms with Gasteiger partial charge in [-0.3, -0.25) is 19.2 Å². The molecule has 4 saturated heterocycles. The van der Waals surface area contributed by atoms with E-state index >= 15 is 0 Å². The molecular weight excluding hydrogens is 1180 g/mol. The van der Waals surface area contributed by atoms with E-state index in [4.69, 9.17) is 47.4 Å². The number of hydrogen-bond donors (Lipinski definition) is 9. The third kappa shape index (κ3) is 18.8. The second kappa shape index (κ2) is 34.6. The number of Topliss-reactive ketones (excluding diaryl/α,β-unsaturated/α-hetero) is 3. The number of methoxy groups -OCH3 is 3. The van der Waals surface area contributed by atoms with Crippen molar-refractivity contribution in [1.82, 2.24) is 4.90 Å². The fourth-order valence-corrected chi connectivity index (χ4v) is 13.4. The SMILES string of the molecule is CO[C@H]1C[C@@H]2CC[C@@H](C)[C@@](O)(O2)C(=O)C(=O)N2CCCCC2C(=O)O[C@H]([C@H](C)CC2CC[C@@H](OCCO)[C@H](OC)C2)CC(=O)[C@H](C)/C=C(\C)[C@@H](OC[C@]2(O)O[C@@H](CO[C@@H]3O[C@@H](CO)[C@H](O)[C@@H](O)[C@@H]3O)[C@H](O)[C@H]2O)[C@@H](OC)C(=O)[C@H](C)C[C@H](C)\C=C/C=C/C=C/1C. The molecule has 6 rings (SSSR count). The predicted octanol–water partition coefficient (Wildman–Crippen LogP) is 1.85. The van der Waals surface area contributed by atoms with E-state index in [0.29, 0.717) is 57.8 Å². The van der Waals surface area contributed by atoms with Crippen molar-refractivity contribution < 1.29 is 117 Å². The van der Waals surface area contributed by atoms with Crippen LogP contribution in [-0.4, -0.2) is 250 Å². The zero-order valence-corrected chi connectivity index (χ0v) is 54.0. The van der Waals surface area contributed by atoms with Gasteiger partial charge >= 0.3 is 5.97 Å². The van der Waals surface area contributed by atoms with Crippen molar-refractivity contribution in [2.24, 2.45) is 35.5 Å². The van der Waals surface area contributed by atoms with E-state index in [2.05, 4.69) is 0 Å². The van der Waals surface area contributed by atoms with Crippen LogP contribution in [0.25, 0.3) is 0 Å². The maximum atomic E-state index is 14.9. The minimum absolute atomic E-state index is 0.00639. The number of piperidine rings is 1. The summed E-state index contributed by atoms with van der Waals surface area (Å²) in [6.45, 7) is 9.92. The maximum Gasteiger partial charge on any atom is 0.329 e. The Morgan fingerprint density at radius 2 is 1.47 bits per heavy atom. The first kappa shape index (κ1) is 75.2. The summed E-state index contributed by atoms with van der Waals surface area (Å²) in [7, 11) is 4.42. The molecule has 1 saturated carbocycles. The van der Waals surface area contributed by atoms with Crippen molar-refractivity contribution in [3.63, 3.8) is 0 Å².